The van der Waals surface area contributed by atoms with Gasteiger partial charge in [-0.2, -0.15) is 0 Å². The Morgan fingerprint density at radius 3 is 2.42 bits per heavy atom. The van der Waals surface area contributed by atoms with E-state index in [9.17, 15) is 0 Å². The highest BCUT2D eigenvalue weighted by Gasteiger charge is 2.22. The second-order valence-electron chi connectivity index (χ2n) is 5.29. The molecular weight excluding hydrogens is 272 g/mol. The lowest BCUT2D eigenvalue weighted by Gasteiger charge is -2.19. The molecule has 0 aromatic carbocycles. The average molecular weight is 292 g/mol. The van der Waals surface area contributed by atoms with E-state index in [2.05, 4.69) is 52.3 Å². The molecule has 0 saturated carbocycles. The molecule has 1 fully saturated rings. The first kappa shape index (κ1) is 13.3. The van der Waals surface area contributed by atoms with Crippen LogP contribution in [0.15, 0.2) is 35.0 Å². The van der Waals surface area contributed by atoms with Crippen molar-refractivity contribution >= 4 is 22.7 Å². The lowest BCUT2D eigenvalue weighted by molar-refractivity contribution is 0.385. The molecule has 19 heavy (non-hydrogen) atoms. The summed E-state index contributed by atoms with van der Waals surface area (Å²) in [6.45, 7) is 3.59. The Morgan fingerprint density at radius 1 is 1.26 bits per heavy atom. The van der Waals surface area contributed by atoms with E-state index in [1.165, 1.54) is 29.3 Å². The molecule has 1 unspecified atom stereocenters. The number of rotatable bonds is 5. The molecule has 0 amide bonds. The molecule has 2 aromatic heterocycles. The summed E-state index contributed by atoms with van der Waals surface area (Å²) in [6, 6.07) is 9.15. The number of nitrogens with zero attached hydrogens (tertiary/aromatic N) is 1. The van der Waals surface area contributed by atoms with Crippen LogP contribution in [0.1, 0.15) is 22.2 Å². The van der Waals surface area contributed by atoms with Crippen molar-refractivity contribution in [3.8, 4) is 0 Å². The number of hydrogen-bond donors (Lipinski definition) is 1. The molecule has 102 valence electrons. The third kappa shape index (κ3) is 3.26. The monoisotopic (exact) mass is 292 g/mol. The topological polar surface area (TPSA) is 15.3 Å². The fourth-order valence-corrected chi connectivity index (χ4v) is 4.44. The molecule has 2 nitrogen and oxygen atoms in total. The summed E-state index contributed by atoms with van der Waals surface area (Å²) in [7, 11) is 2.22. The van der Waals surface area contributed by atoms with E-state index in [-0.39, 0.29) is 0 Å². The molecule has 3 rings (SSSR count). The second kappa shape index (κ2) is 6.18. The summed E-state index contributed by atoms with van der Waals surface area (Å²) in [6.07, 6.45) is 1.32. The maximum Gasteiger partial charge on any atom is 0.0764 e. The summed E-state index contributed by atoms with van der Waals surface area (Å²) in [5.41, 5.74) is 0. The predicted molar refractivity (Wildman–Crippen MR) is 84.1 cm³/mol. The quantitative estimate of drug-likeness (QED) is 0.908. The van der Waals surface area contributed by atoms with Crippen LogP contribution in [0.25, 0.3) is 0 Å². The normalized spacial score (nSPS) is 20.4. The molecule has 0 radical (unpaired) electrons. The van der Waals surface area contributed by atoms with E-state index in [0.29, 0.717) is 6.04 Å². The smallest absolute Gasteiger partial charge is 0.0764 e. The summed E-state index contributed by atoms with van der Waals surface area (Å²) >= 11 is 3.69. The van der Waals surface area contributed by atoms with Crippen LogP contribution in [-0.2, 0) is 0 Å². The molecule has 0 aliphatic carbocycles. The van der Waals surface area contributed by atoms with Crippen molar-refractivity contribution < 1.29 is 0 Å². The van der Waals surface area contributed by atoms with Crippen molar-refractivity contribution in [2.45, 2.75) is 12.5 Å². The van der Waals surface area contributed by atoms with Crippen LogP contribution in [0.4, 0.5) is 0 Å². The Kier molecular flexibility index (Phi) is 4.33. The van der Waals surface area contributed by atoms with Crippen molar-refractivity contribution in [2.75, 3.05) is 26.7 Å². The summed E-state index contributed by atoms with van der Waals surface area (Å²) < 4.78 is 0. The van der Waals surface area contributed by atoms with Gasteiger partial charge in [-0.3, -0.25) is 0 Å². The second-order valence-corrected chi connectivity index (χ2v) is 7.25. The third-order valence-electron chi connectivity index (χ3n) is 3.75. The number of nitrogens with one attached hydrogen (secondary N) is 1. The third-order valence-corrected chi connectivity index (χ3v) is 5.63. The van der Waals surface area contributed by atoms with Gasteiger partial charge in [-0.1, -0.05) is 12.1 Å². The molecule has 1 atom stereocenters. The van der Waals surface area contributed by atoms with Crippen LogP contribution in [0.3, 0.4) is 0 Å². The van der Waals surface area contributed by atoms with Crippen LogP contribution in [0.5, 0.6) is 0 Å². The fraction of sp³-hybridized carbons (Fsp3) is 0.467. The first-order valence-electron chi connectivity index (χ1n) is 6.81. The van der Waals surface area contributed by atoms with Crippen molar-refractivity contribution in [1.29, 1.82) is 0 Å². The number of thiophene rings is 2. The van der Waals surface area contributed by atoms with Crippen molar-refractivity contribution in [1.82, 2.24) is 10.2 Å². The van der Waals surface area contributed by atoms with Gasteiger partial charge in [0.25, 0.3) is 0 Å². The van der Waals surface area contributed by atoms with Gasteiger partial charge < -0.3 is 10.2 Å². The molecule has 1 aliphatic heterocycles. The zero-order valence-corrected chi connectivity index (χ0v) is 12.8. The van der Waals surface area contributed by atoms with Crippen molar-refractivity contribution in [2.24, 2.45) is 5.92 Å². The minimum Gasteiger partial charge on any atom is -0.306 e. The number of likely N-dealkylation sites (tertiary alicyclic amines) is 1. The molecule has 4 heteroatoms. The standard InChI is InChI=1S/C15H20N2S2/c1-17-7-6-12(11-17)10-16-15(13-4-2-8-18-13)14-5-3-9-19-14/h2-5,8-9,12,15-16H,6-7,10-11H2,1H3. The summed E-state index contributed by atoms with van der Waals surface area (Å²) in [5, 5.41) is 8.12. The largest absolute Gasteiger partial charge is 0.306 e. The molecule has 3 heterocycles. The lowest BCUT2D eigenvalue weighted by atomic mass is 10.1. The van der Waals surface area contributed by atoms with E-state index in [1.54, 1.807) is 0 Å². The highest BCUT2D eigenvalue weighted by molar-refractivity contribution is 7.11. The molecule has 1 aliphatic rings. The van der Waals surface area contributed by atoms with E-state index in [0.717, 1.165) is 12.5 Å². The minimum atomic E-state index is 0.380. The lowest BCUT2D eigenvalue weighted by Crippen LogP contribution is -2.28. The van der Waals surface area contributed by atoms with Gasteiger partial charge in [-0.15, -0.1) is 22.7 Å². The van der Waals surface area contributed by atoms with Gasteiger partial charge in [0.2, 0.25) is 0 Å². The maximum absolute atomic E-state index is 3.78. The maximum atomic E-state index is 3.78. The van der Waals surface area contributed by atoms with E-state index < -0.39 is 0 Å². The Balaban J connectivity index is 1.67. The Morgan fingerprint density at radius 2 is 1.95 bits per heavy atom. The Hall–Kier alpha value is -0.680. The Bertz CT molecular complexity index is 444. The zero-order valence-electron chi connectivity index (χ0n) is 11.2. The fourth-order valence-electron chi connectivity index (χ4n) is 2.73. The summed E-state index contributed by atoms with van der Waals surface area (Å²) in [5.74, 6) is 0.799. The van der Waals surface area contributed by atoms with E-state index in [1.807, 2.05) is 22.7 Å². The molecular formula is C15H20N2S2. The van der Waals surface area contributed by atoms with Crippen molar-refractivity contribution in [3.05, 3.63) is 44.8 Å². The van der Waals surface area contributed by atoms with Gasteiger partial charge in [-0.05, 0) is 48.8 Å². The SMILES string of the molecule is CN1CCC(CNC(c2cccs2)c2cccs2)C1. The van der Waals surface area contributed by atoms with Gasteiger partial charge in [-0.25, -0.2) is 0 Å². The van der Waals surface area contributed by atoms with E-state index >= 15 is 0 Å². The van der Waals surface area contributed by atoms with Gasteiger partial charge in [0.05, 0.1) is 6.04 Å². The molecule has 0 spiro atoms. The van der Waals surface area contributed by atoms with Crippen LogP contribution < -0.4 is 5.32 Å². The number of hydrogen-bond acceptors (Lipinski definition) is 4. The van der Waals surface area contributed by atoms with Gasteiger partial charge in [0, 0.05) is 22.8 Å². The molecule has 0 bridgehead atoms. The highest BCUT2D eigenvalue weighted by Crippen LogP contribution is 2.29. The predicted octanol–water partition coefficient (Wildman–Crippen LogP) is 3.44. The highest BCUT2D eigenvalue weighted by atomic mass is 32.1. The Labute approximate surface area is 123 Å². The van der Waals surface area contributed by atoms with Gasteiger partial charge >= 0.3 is 0 Å². The van der Waals surface area contributed by atoms with Crippen LogP contribution in [0.2, 0.25) is 0 Å². The zero-order chi connectivity index (χ0) is 13.1. The van der Waals surface area contributed by atoms with Crippen LogP contribution in [-0.4, -0.2) is 31.6 Å². The van der Waals surface area contributed by atoms with Crippen molar-refractivity contribution in [3.63, 3.8) is 0 Å². The van der Waals surface area contributed by atoms with E-state index in [4.69, 9.17) is 0 Å². The molecule has 1 N–H and O–H groups in total. The first-order chi connectivity index (χ1) is 9.33. The van der Waals surface area contributed by atoms with Gasteiger partial charge in [0.1, 0.15) is 0 Å². The molecule has 2 aromatic rings. The van der Waals surface area contributed by atoms with Gasteiger partial charge in [0.15, 0.2) is 0 Å². The van der Waals surface area contributed by atoms with Crippen LogP contribution >= 0.6 is 22.7 Å². The first-order valence-corrected chi connectivity index (χ1v) is 8.57. The van der Waals surface area contributed by atoms with Crippen LogP contribution in [0, 0.1) is 5.92 Å². The molecule has 1 saturated heterocycles. The minimum absolute atomic E-state index is 0.380. The summed E-state index contributed by atoms with van der Waals surface area (Å²) in [4.78, 5) is 5.28. The average Bonchev–Trinajstić information content (AvgIpc) is 3.11.